The first-order chi connectivity index (χ1) is 12.0. The maximum Gasteiger partial charge on any atom is 0.426 e. The number of hydrogen-bond acceptors (Lipinski definition) is 2. The molecule has 2 saturated carbocycles. The lowest BCUT2D eigenvalue weighted by atomic mass is 9.55. The molecule has 0 aromatic heterocycles. The number of hydrogen-bond donors (Lipinski definition) is 2. The molecule has 5 atom stereocenters. The van der Waals surface area contributed by atoms with E-state index in [1.807, 2.05) is 0 Å². The van der Waals surface area contributed by atoms with Crippen LogP contribution in [0.1, 0.15) is 45.4 Å². The molecule has 2 aliphatic rings. The van der Waals surface area contributed by atoms with Crippen LogP contribution in [0.15, 0.2) is 0 Å². The van der Waals surface area contributed by atoms with E-state index in [4.69, 9.17) is 0 Å². The summed E-state index contributed by atoms with van der Waals surface area (Å²) in [6.45, 7) is 0.503. The molecule has 5 unspecified atom stereocenters. The van der Waals surface area contributed by atoms with Crippen molar-refractivity contribution >= 4 is 0 Å². The highest BCUT2D eigenvalue weighted by molar-refractivity contribution is 5.07. The van der Waals surface area contributed by atoms with E-state index in [2.05, 4.69) is 0 Å². The van der Waals surface area contributed by atoms with E-state index in [0.29, 0.717) is 6.92 Å². The monoisotopic (exact) mass is 416 g/mol. The molecule has 160 valence electrons. The number of halogens is 9. The molecule has 0 amide bonds. The lowest BCUT2D eigenvalue weighted by Crippen LogP contribution is -2.65. The molecule has 0 aromatic rings. The summed E-state index contributed by atoms with van der Waals surface area (Å²) in [6, 6.07) is 0. The molecule has 0 spiro atoms. The van der Waals surface area contributed by atoms with Gasteiger partial charge in [-0.05, 0) is 50.4 Å². The lowest BCUT2D eigenvalue weighted by Gasteiger charge is -2.53. The van der Waals surface area contributed by atoms with Crippen molar-refractivity contribution < 1.29 is 49.7 Å². The average Bonchev–Trinajstić information content (AvgIpc) is 2.49. The van der Waals surface area contributed by atoms with Crippen LogP contribution in [0.3, 0.4) is 0 Å². The third kappa shape index (κ3) is 3.54. The fraction of sp³-hybridized carbons (Fsp3) is 1.00. The van der Waals surface area contributed by atoms with Crippen LogP contribution in [-0.4, -0.2) is 39.9 Å². The van der Waals surface area contributed by atoms with Gasteiger partial charge >= 0.3 is 18.5 Å². The highest BCUT2D eigenvalue weighted by Crippen LogP contribution is 2.59. The molecule has 0 heterocycles. The molecule has 11 heteroatoms. The minimum absolute atomic E-state index is 0.0240. The zero-order chi connectivity index (χ0) is 21.1. The first-order valence-corrected chi connectivity index (χ1v) is 8.61. The molecule has 0 aromatic carbocycles. The van der Waals surface area contributed by atoms with Crippen LogP contribution in [0, 0.1) is 23.7 Å². The Morgan fingerprint density at radius 1 is 0.593 bits per heavy atom. The zero-order valence-corrected chi connectivity index (χ0v) is 14.3. The van der Waals surface area contributed by atoms with Crippen molar-refractivity contribution in [1.82, 2.24) is 0 Å². The van der Waals surface area contributed by atoms with Gasteiger partial charge < -0.3 is 10.2 Å². The predicted octanol–water partition coefficient (Wildman–Crippen LogP) is 4.99. The summed E-state index contributed by atoms with van der Waals surface area (Å²) in [7, 11) is 0. The molecule has 0 aliphatic heterocycles. The maximum absolute atomic E-state index is 13.3. The second-order valence-electron chi connectivity index (χ2n) is 7.81. The average molecular weight is 416 g/mol. The Morgan fingerprint density at radius 2 is 0.963 bits per heavy atom. The van der Waals surface area contributed by atoms with E-state index in [1.54, 1.807) is 0 Å². The molecule has 27 heavy (non-hydrogen) atoms. The van der Waals surface area contributed by atoms with E-state index >= 15 is 0 Å². The fourth-order valence-corrected chi connectivity index (χ4v) is 5.01. The van der Waals surface area contributed by atoms with Crippen LogP contribution in [0.5, 0.6) is 0 Å². The highest BCUT2D eigenvalue weighted by Gasteiger charge is 2.75. The molecule has 2 fully saturated rings. The van der Waals surface area contributed by atoms with Crippen molar-refractivity contribution in [2.24, 2.45) is 23.7 Å². The molecule has 0 bridgehead atoms. The number of fused-ring (bicyclic) bond motifs is 1. The van der Waals surface area contributed by atoms with E-state index in [9.17, 15) is 49.7 Å². The molecule has 2 aliphatic carbocycles. The van der Waals surface area contributed by atoms with Crippen LogP contribution in [0.4, 0.5) is 39.5 Å². The number of alkyl halides is 9. The molecule has 2 rings (SSSR count). The third-order valence-corrected chi connectivity index (χ3v) is 6.39. The summed E-state index contributed by atoms with van der Waals surface area (Å²) in [4.78, 5) is 0. The SMILES string of the molecule is CC(O)(C1CCCC2C1CCCC2C(O)(C(F)(F)F)C(F)(F)F)C(F)(F)F. The second-order valence-corrected chi connectivity index (χ2v) is 7.81. The Bertz CT molecular complexity index is 521. The van der Waals surface area contributed by atoms with Crippen molar-refractivity contribution in [3.05, 3.63) is 0 Å². The van der Waals surface area contributed by atoms with Crippen LogP contribution < -0.4 is 0 Å². The van der Waals surface area contributed by atoms with Crippen molar-refractivity contribution in [2.75, 3.05) is 0 Å². The third-order valence-electron chi connectivity index (χ3n) is 6.39. The molecule has 0 saturated heterocycles. The van der Waals surface area contributed by atoms with Gasteiger partial charge in [-0.15, -0.1) is 0 Å². The molecule has 0 radical (unpaired) electrons. The standard InChI is InChI=1S/C16H21F9O2/c1-12(26,14(17,18)19)10-6-2-5-9-8(10)4-3-7-11(9)13(27,15(20,21)22)16(23,24)25/h8-11,26-27H,2-7H2,1H3. The van der Waals surface area contributed by atoms with Gasteiger partial charge in [0, 0.05) is 5.92 Å². The quantitative estimate of drug-likeness (QED) is 0.623. The molecular formula is C16H21F9O2. The largest absolute Gasteiger partial charge is 0.426 e. The minimum atomic E-state index is -6.02. The number of rotatable bonds is 2. The normalized spacial score (nSPS) is 33.3. The smallest absolute Gasteiger partial charge is 0.380 e. The van der Waals surface area contributed by atoms with Crippen molar-refractivity contribution in [3.8, 4) is 0 Å². The van der Waals surface area contributed by atoms with Gasteiger partial charge in [0.1, 0.15) is 0 Å². The van der Waals surface area contributed by atoms with Gasteiger partial charge in [-0.25, -0.2) is 0 Å². The van der Waals surface area contributed by atoms with E-state index < -0.39 is 59.8 Å². The van der Waals surface area contributed by atoms with Crippen LogP contribution in [-0.2, 0) is 0 Å². The Morgan fingerprint density at radius 3 is 1.33 bits per heavy atom. The van der Waals surface area contributed by atoms with Gasteiger partial charge in [-0.2, -0.15) is 39.5 Å². The van der Waals surface area contributed by atoms with Gasteiger partial charge in [0.05, 0.1) is 0 Å². The molecule has 2 nitrogen and oxygen atoms in total. The summed E-state index contributed by atoms with van der Waals surface area (Å²) in [6.07, 6.45) is -18.3. The summed E-state index contributed by atoms with van der Waals surface area (Å²) < 4.78 is 119. The van der Waals surface area contributed by atoms with Crippen molar-refractivity contribution in [3.63, 3.8) is 0 Å². The molecular weight excluding hydrogens is 395 g/mol. The topological polar surface area (TPSA) is 40.5 Å². The van der Waals surface area contributed by atoms with Crippen molar-refractivity contribution in [2.45, 2.75) is 75.2 Å². The Labute approximate surface area is 149 Å². The van der Waals surface area contributed by atoms with Gasteiger partial charge in [-0.3, -0.25) is 0 Å². The highest BCUT2D eigenvalue weighted by atomic mass is 19.4. The van der Waals surface area contributed by atoms with E-state index in [-0.39, 0.29) is 32.1 Å². The Kier molecular flexibility index (Phi) is 5.58. The number of aliphatic hydroxyl groups is 2. The fourth-order valence-electron chi connectivity index (χ4n) is 5.01. The van der Waals surface area contributed by atoms with Gasteiger partial charge in [-0.1, -0.05) is 12.8 Å². The maximum atomic E-state index is 13.3. The second kappa shape index (κ2) is 6.67. The zero-order valence-electron chi connectivity index (χ0n) is 14.3. The minimum Gasteiger partial charge on any atom is -0.380 e. The van der Waals surface area contributed by atoms with Gasteiger partial charge in [0.15, 0.2) is 5.60 Å². The van der Waals surface area contributed by atoms with Crippen LogP contribution in [0.2, 0.25) is 0 Å². The summed E-state index contributed by atoms with van der Waals surface area (Å²) in [5.41, 5.74) is -8.22. The summed E-state index contributed by atoms with van der Waals surface area (Å²) in [5, 5.41) is 19.8. The predicted molar refractivity (Wildman–Crippen MR) is 75.4 cm³/mol. The first-order valence-electron chi connectivity index (χ1n) is 8.61. The first kappa shape index (κ1) is 22.6. The summed E-state index contributed by atoms with van der Waals surface area (Å²) >= 11 is 0. The van der Waals surface area contributed by atoms with Gasteiger partial charge in [0.2, 0.25) is 0 Å². The van der Waals surface area contributed by atoms with E-state index in [0.717, 1.165) is 0 Å². The van der Waals surface area contributed by atoms with E-state index in [1.165, 1.54) is 0 Å². The van der Waals surface area contributed by atoms with Crippen LogP contribution >= 0.6 is 0 Å². The summed E-state index contributed by atoms with van der Waals surface area (Å²) in [5.74, 6) is -6.43. The Hall–Kier alpha value is -0.710. The van der Waals surface area contributed by atoms with Crippen LogP contribution in [0.25, 0.3) is 0 Å². The Balaban J connectivity index is 2.46. The lowest BCUT2D eigenvalue weighted by molar-refractivity contribution is -0.394. The molecule has 2 N–H and O–H groups in total. The van der Waals surface area contributed by atoms with Crippen molar-refractivity contribution in [1.29, 1.82) is 0 Å². The van der Waals surface area contributed by atoms with Gasteiger partial charge in [0.25, 0.3) is 5.60 Å².